The van der Waals surface area contributed by atoms with Crippen LogP contribution in [-0.2, 0) is 0 Å². The summed E-state index contributed by atoms with van der Waals surface area (Å²) in [6.45, 7) is 6.46. The summed E-state index contributed by atoms with van der Waals surface area (Å²) in [5, 5.41) is 0. The molecule has 0 N–H and O–H groups in total. The van der Waals surface area contributed by atoms with Crippen LogP contribution < -0.4 is 0 Å². The lowest BCUT2D eigenvalue weighted by molar-refractivity contribution is 0.836. The molecule has 0 bridgehead atoms. The van der Waals surface area contributed by atoms with E-state index in [1.807, 2.05) is 0 Å². The van der Waals surface area contributed by atoms with Crippen molar-refractivity contribution in [2.45, 2.75) is 40.0 Å². The minimum absolute atomic E-state index is 0.907. The molecule has 0 saturated heterocycles. The maximum absolute atomic E-state index is 5.12. The maximum atomic E-state index is 5.12. The zero-order valence-corrected chi connectivity index (χ0v) is 7.20. The van der Waals surface area contributed by atoms with E-state index in [4.69, 9.17) is 6.42 Å². The molecule has 0 heterocycles. The van der Waals surface area contributed by atoms with Crippen molar-refractivity contribution >= 4 is 0 Å². The summed E-state index contributed by atoms with van der Waals surface area (Å²) in [4.78, 5) is 0. The quantitative estimate of drug-likeness (QED) is 0.317. The molecular formula is C10H16. The Balaban J connectivity index is 3.52. The van der Waals surface area contributed by atoms with E-state index < -0.39 is 0 Å². The van der Waals surface area contributed by atoms with Gasteiger partial charge in [-0.25, -0.2) is 0 Å². The molecule has 0 aliphatic carbocycles. The van der Waals surface area contributed by atoms with E-state index in [-0.39, 0.29) is 0 Å². The van der Waals surface area contributed by atoms with Gasteiger partial charge < -0.3 is 0 Å². The molecule has 0 rings (SSSR count). The molecule has 0 aromatic heterocycles. The highest BCUT2D eigenvalue weighted by atomic mass is 14.0. The van der Waals surface area contributed by atoms with Gasteiger partial charge in [-0.2, -0.15) is 0 Å². The van der Waals surface area contributed by atoms with Crippen LogP contribution in [0.5, 0.6) is 0 Å². The molecule has 0 spiro atoms. The molecule has 0 radical (unpaired) electrons. The first kappa shape index (κ1) is 9.30. The van der Waals surface area contributed by atoms with Crippen molar-refractivity contribution in [3.63, 3.8) is 0 Å². The van der Waals surface area contributed by atoms with Crippen molar-refractivity contribution in [3.05, 3.63) is 11.1 Å². The normalized spacial score (nSPS) is 8.60. The van der Waals surface area contributed by atoms with Gasteiger partial charge in [0.05, 0.1) is 0 Å². The van der Waals surface area contributed by atoms with Crippen molar-refractivity contribution in [1.82, 2.24) is 0 Å². The largest absolute Gasteiger partial charge is 0.120 e. The minimum atomic E-state index is 0.907. The maximum Gasteiger partial charge on any atom is 0.00891 e. The van der Waals surface area contributed by atoms with Gasteiger partial charge in [-0.3, -0.25) is 0 Å². The predicted molar refractivity (Wildman–Crippen MR) is 46.7 cm³/mol. The van der Waals surface area contributed by atoms with Crippen molar-refractivity contribution in [1.29, 1.82) is 0 Å². The van der Waals surface area contributed by atoms with Gasteiger partial charge >= 0.3 is 0 Å². The predicted octanol–water partition coefficient (Wildman–Crippen LogP) is 3.15. The van der Waals surface area contributed by atoms with Gasteiger partial charge in [-0.1, -0.05) is 11.1 Å². The number of allylic oxidation sites excluding steroid dienone is 2. The van der Waals surface area contributed by atoms with E-state index in [2.05, 4.69) is 26.7 Å². The van der Waals surface area contributed by atoms with Crippen LogP contribution in [0, 0.1) is 12.3 Å². The summed E-state index contributed by atoms with van der Waals surface area (Å²) >= 11 is 0. The van der Waals surface area contributed by atoms with Crippen LogP contribution in [0.15, 0.2) is 11.1 Å². The zero-order valence-electron chi connectivity index (χ0n) is 7.20. The average Bonchev–Trinajstić information content (AvgIpc) is 1.88. The van der Waals surface area contributed by atoms with Crippen LogP contribution >= 0.6 is 0 Å². The first-order valence-corrected chi connectivity index (χ1v) is 3.75. The molecule has 0 amide bonds. The van der Waals surface area contributed by atoms with E-state index in [1.54, 1.807) is 0 Å². The first-order chi connectivity index (χ1) is 4.68. The van der Waals surface area contributed by atoms with Gasteiger partial charge in [0.1, 0.15) is 0 Å². The molecule has 0 aliphatic rings. The molecule has 0 atom stereocenters. The Morgan fingerprint density at radius 2 is 1.90 bits per heavy atom. The standard InChI is InChI=1S/C10H16/c1-5-6-7-8-10(4)9(2)3/h1H,6-8H2,2-4H3. The lowest BCUT2D eigenvalue weighted by Gasteiger charge is -2.00. The van der Waals surface area contributed by atoms with Gasteiger partial charge in [0.15, 0.2) is 0 Å². The SMILES string of the molecule is C#CCCCC(C)=C(C)C. The zero-order chi connectivity index (χ0) is 7.98. The number of unbranched alkanes of at least 4 members (excludes halogenated alkanes) is 1. The first-order valence-electron chi connectivity index (χ1n) is 3.75. The van der Waals surface area contributed by atoms with Crippen LogP contribution in [0.1, 0.15) is 40.0 Å². The number of hydrogen-bond acceptors (Lipinski definition) is 0. The number of rotatable bonds is 3. The Kier molecular flexibility index (Phi) is 4.76. The van der Waals surface area contributed by atoms with Crippen molar-refractivity contribution in [2.24, 2.45) is 0 Å². The molecule has 0 unspecified atom stereocenters. The Morgan fingerprint density at radius 3 is 2.30 bits per heavy atom. The minimum Gasteiger partial charge on any atom is -0.120 e. The lowest BCUT2D eigenvalue weighted by Crippen LogP contribution is -1.80. The summed E-state index contributed by atoms with van der Waals surface area (Å²) in [6.07, 6.45) is 8.32. The van der Waals surface area contributed by atoms with E-state index in [0.29, 0.717) is 0 Å². The Labute approximate surface area is 64.3 Å². The lowest BCUT2D eigenvalue weighted by atomic mass is 10.1. The fourth-order valence-corrected chi connectivity index (χ4v) is 0.706. The molecule has 0 fully saturated rings. The van der Waals surface area contributed by atoms with E-state index in [9.17, 15) is 0 Å². The van der Waals surface area contributed by atoms with Crippen molar-refractivity contribution < 1.29 is 0 Å². The molecule has 0 aliphatic heterocycles. The second-order valence-corrected chi connectivity index (χ2v) is 2.84. The molecular weight excluding hydrogens is 120 g/mol. The summed E-state index contributed by atoms with van der Waals surface area (Å²) < 4.78 is 0. The highest BCUT2D eigenvalue weighted by Gasteiger charge is 1.90. The summed E-state index contributed by atoms with van der Waals surface area (Å²) in [6, 6.07) is 0. The van der Waals surface area contributed by atoms with Crippen LogP contribution in [-0.4, -0.2) is 0 Å². The highest BCUT2D eigenvalue weighted by molar-refractivity contribution is 5.06. The Bertz CT molecular complexity index is 151. The third kappa shape index (κ3) is 4.21. The van der Waals surface area contributed by atoms with Crippen LogP contribution in [0.2, 0.25) is 0 Å². The van der Waals surface area contributed by atoms with Crippen molar-refractivity contribution in [2.75, 3.05) is 0 Å². The second kappa shape index (κ2) is 5.11. The summed E-state index contributed by atoms with van der Waals surface area (Å²) in [5.74, 6) is 2.64. The third-order valence-electron chi connectivity index (χ3n) is 1.73. The monoisotopic (exact) mass is 136 g/mol. The number of terminal acetylenes is 1. The van der Waals surface area contributed by atoms with Crippen LogP contribution in [0.4, 0.5) is 0 Å². The fraction of sp³-hybridized carbons (Fsp3) is 0.600. The molecule has 56 valence electrons. The number of hydrogen-bond donors (Lipinski definition) is 0. The Hall–Kier alpha value is -0.700. The van der Waals surface area contributed by atoms with Gasteiger partial charge in [0.25, 0.3) is 0 Å². The van der Waals surface area contributed by atoms with Gasteiger partial charge in [0, 0.05) is 6.42 Å². The van der Waals surface area contributed by atoms with Crippen molar-refractivity contribution in [3.8, 4) is 12.3 Å². The molecule has 0 nitrogen and oxygen atoms in total. The topological polar surface area (TPSA) is 0 Å². The smallest absolute Gasteiger partial charge is 0.00891 e. The summed E-state index contributed by atoms with van der Waals surface area (Å²) in [5.41, 5.74) is 2.91. The van der Waals surface area contributed by atoms with Crippen LogP contribution in [0.3, 0.4) is 0 Å². The fourth-order valence-electron chi connectivity index (χ4n) is 0.706. The van der Waals surface area contributed by atoms with E-state index in [1.165, 1.54) is 11.1 Å². The van der Waals surface area contributed by atoms with Gasteiger partial charge in [-0.15, -0.1) is 12.3 Å². The summed E-state index contributed by atoms with van der Waals surface area (Å²) in [7, 11) is 0. The molecule has 0 aromatic carbocycles. The van der Waals surface area contributed by atoms with Crippen LogP contribution in [0.25, 0.3) is 0 Å². The molecule has 10 heavy (non-hydrogen) atoms. The van der Waals surface area contributed by atoms with Gasteiger partial charge in [-0.05, 0) is 33.6 Å². The molecule has 0 saturated carbocycles. The molecule has 0 heteroatoms. The Morgan fingerprint density at radius 1 is 1.30 bits per heavy atom. The third-order valence-corrected chi connectivity index (χ3v) is 1.73. The second-order valence-electron chi connectivity index (χ2n) is 2.84. The molecule has 0 aromatic rings. The highest BCUT2D eigenvalue weighted by Crippen LogP contribution is 2.10. The van der Waals surface area contributed by atoms with E-state index >= 15 is 0 Å². The van der Waals surface area contributed by atoms with Gasteiger partial charge in [0.2, 0.25) is 0 Å². The average molecular weight is 136 g/mol. The van der Waals surface area contributed by atoms with E-state index in [0.717, 1.165) is 19.3 Å².